The van der Waals surface area contributed by atoms with Crippen LogP contribution in [0.1, 0.15) is 0 Å². The zero-order chi connectivity index (χ0) is 15.8. The van der Waals surface area contributed by atoms with Crippen LogP contribution < -0.4 is 10.5 Å². The van der Waals surface area contributed by atoms with E-state index in [9.17, 15) is 22.3 Å². The Labute approximate surface area is 127 Å². The topological polar surface area (TPSA) is 92.4 Å². The van der Waals surface area contributed by atoms with E-state index >= 15 is 0 Å². The molecular weight excluding hydrogens is 370 g/mol. The summed E-state index contributed by atoms with van der Waals surface area (Å²) in [4.78, 5) is -0.266. The van der Waals surface area contributed by atoms with E-state index in [1.807, 2.05) is 4.72 Å². The SMILES string of the molecule is Nc1cc(S(=O)(=O)Nc2cc(Br)c(F)cc2F)ccc1O. The first-order valence-electron chi connectivity index (χ1n) is 5.46. The molecule has 0 heterocycles. The predicted molar refractivity (Wildman–Crippen MR) is 77.4 cm³/mol. The van der Waals surface area contributed by atoms with Crippen LogP contribution >= 0.6 is 15.9 Å². The van der Waals surface area contributed by atoms with Gasteiger partial charge in [-0.25, -0.2) is 17.2 Å². The molecule has 2 aromatic rings. The van der Waals surface area contributed by atoms with Gasteiger partial charge < -0.3 is 10.8 Å². The average Bonchev–Trinajstić information content (AvgIpc) is 2.39. The van der Waals surface area contributed by atoms with Gasteiger partial charge in [-0.15, -0.1) is 0 Å². The standard InChI is InChI=1S/C12H9BrF2N2O3S/c13-7-4-11(9(15)5-8(7)14)17-21(19,20)6-1-2-12(18)10(16)3-6/h1-5,17-18H,16H2. The Morgan fingerprint density at radius 3 is 2.43 bits per heavy atom. The lowest BCUT2D eigenvalue weighted by Crippen LogP contribution is -2.14. The van der Waals surface area contributed by atoms with Gasteiger partial charge in [0, 0.05) is 6.07 Å². The second-order valence-corrected chi connectivity index (χ2v) is 6.61. The minimum Gasteiger partial charge on any atom is -0.506 e. The highest BCUT2D eigenvalue weighted by atomic mass is 79.9. The number of hydrogen-bond donors (Lipinski definition) is 3. The van der Waals surface area contributed by atoms with Gasteiger partial charge >= 0.3 is 0 Å². The van der Waals surface area contributed by atoms with Gasteiger partial charge in [0.2, 0.25) is 0 Å². The number of phenolic OH excluding ortho intramolecular Hbond substituents is 1. The number of anilines is 2. The van der Waals surface area contributed by atoms with Crippen LogP contribution in [0.4, 0.5) is 20.2 Å². The molecule has 0 spiro atoms. The van der Waals surface area contributed by atoms with E-state index in [0.717, 1.165) is 24.3 Å². The van der Waals surface area contributed by atoms with Crippen molar-refractivity contribution < 1.29 is 22.3 Å². The van der Waals surface area contributed by atoms with Gasteiger partial charge in [-0.05, 0) is 40.2 Å². The van der Waals surface area contributed by atoms with Crippen LogP contribution in [0.2, 0.25) is 0 Å². The van der Waals surface area contributed by atoms with Crippen molar-refractivity contribution in [1.82, 2.24) is 0 Å². The Kier molecular flexibility index (Phi) is 4.06. The zero-order valence-electron chi connectivity index (χ0n) is 10.3. The van der Waals surface area contributed by atoms with Crippen molar-refractivity contribution in [2.45, 2.75) is 4.90 Å². The molecular formula is C12H9BrF2N2O3S. The number of phenols is 1. The molecule has 0 aliphatic rings. The summed E-state index contributed by atoms with van der Waals surface area (Å²) in [5.74, 6) is -2.19. The van der Waals surface area contributed by atoms with Crippen LogP contribution in [-0.2, 0) is 10.0 Å². The molecule has 0 fully saturated rings. The van der Waals surface area contributed by atoms with Gasteiger partial charge in [-0.1, -0.05) is 0 Å². The molecule has 0 atom stereocenters. The summed E-state index contributed by atoms with van der Waals surface area (Å²) in [5, 5.41) is 9.26. The fourth-order valence-electron chi connectivity index (χ4n) is 1.50. The Balaban J connectivity index is 2.42. The lowest BCUT2D eigenvalue weighted by molar-refractivity contribution is 0.477. The van der Waals surface area contributed by atoms with E-state index in [1.54, 1.807) is 0 Å². The Morgan fingerprint density at radius 2 is 1.81 bits per heavy atom. The lowest BCUT2D eigenvalue weighted by atomic mass is 10.3. The Hall–Kier alpha value is -1.87. The molecule has 0 aromatic heterocycles. The highest BCUT2D eigenvalue weighted by Gasteiger charge is 2.18. The molecule has 4 N–H and O–H groups in total. The van der Waals surface area contributed by atoms with Gasteiger partial charge in [-0.2, -0.15) is 0 Å². The van der Waals surface area contributed by atoms with Crippen LogP contribution in [0.25, 0.3) is 0 Å². The maximum absolute atomic E-state index is 13.6. The minimum absolute atomic E-state index is 0.0909. The largest absolute Gasteiger partial charge is 0.506 e. The van der Waals surface area contributed by atoms with Crippen molar-refractivity contribution >= 4 is 37.3 Å². The molecule has 0 amide bonds. The predicted octanol–water partition coefficient (Wildman–Crippen LogP) is 2.82. The lowest BCUT2D eigenvalue weighted by Gasteiger charge is -2.10. The summed E-state index contributed by atoms with van der Waals surface area (Å²) in [6.07, 6.45) is 0. The van der Waals surface area contributed by atoms with Gasteiger partial charge in [0.15, 0.2) is 0 Å². The molecule has 0 aliphatic carbocycles. The molecule has 2 aromatic carbocycles. The number of hydrogen-bond acceptors (Lipinski definition) is 4. The van der Waals surface area contributed by atoms with Gasteiger partial charge in [0.25, 0.3) is 10.0 Å². The zero-order valence-corrected chi connectivity index (χ0v) is 12.7. The number of rotatable bonds is 3. The number of aromatic hydroxyl groups is 1. The summed E-state index contributed by atoms with van der Waals surface area (Å²) in [6.45, 7) is 0. The quantitative estimate of drug-likeness (QED) is 0.435. The first-order chi connectivity index (χ1) is 9.70. The fourth-order valence-corrected chi connectivity index (χ4v) is 2.94. The van der Waals surface area contributed by atoms with E-state index in [2.05, 4.69) is 15.9 Å². The molecule has 0 unspecified atom stereocenters. The number of benzene rings is 2. The number of nitrogen functional groups attached to an aromatic ring is 1. The number of nitrogens with two attached hydrogens (primary N) is 1. The highest BCUT2D eigenvalue weighted by Crippen LogP contribution is 2.28. The third-order valence-electron chi connectivity index (χ3n) is 2.56. The molecule has 0 bridgehead atoms. The molecule has 0 aliphatic heterocycles. The molecule has 2 rings (SSSR count). The Morgan fingerprint density at radius 1 is 1.14 bits per heavy atom. The van der Waals surface area contributed by atoms with Crippen molar-refractivity contribution in [3.63, 3.8) is 0 Å². The van der Waals surface area contributed by atoms with Gasteiger partial charge in [0.05, 0.1) is 20.7 Å². The molecule has 0 saturated heterocycles. The van der Waals surface area contributed by atoms with E-state index < -0.39 is 27.3 Å². The second kappa shape index (κ2) is 5.49. The van der Waals surface area contributed by atoms with Crippen molar-refractivity contribution in [3.8, 4) is 5.75 Å². The molecule has 0 radical (unpaired) electrons. The average molecular weight is 379 g/mol. The maximum Gasteiger partial charge on any atom is 0.262 e. The van der Waals surface area contributed by atoms with Gasteiger partial charge in [-0.3, -0.25) is 4.72 Å². The fraction of sp³-hybridized carbons (Fsp3) is 0. The van der Waals surface area contributed by atoms with E-state index in [-0.39, 0.29) is 20.8 Å². The van der Waals surface area contributed by atoms with E-state index in [1.165, 1.54) is 0 Å². The van der Waals surface area contributed by atoms with Crippen LogP contribution in [-0.4, -0.2) is 13.5 Å². The second-order valence-electron chi connectivity index (χ2n) is 4.07. The molecule has 5 nitrogen and oxygen atoms in total. The number of nitrogens with one attached hydrogen (secondary N) is 1. The monoisotopic (exact) mass is 378 g/mol. The van der Waals surface area contributed by atoms with Crippen LogP contribution in [0.15, 0.2) is 39.7 Å². The Bertz CT molecular complexity index is 812. The molecule has 0 saturated carbocycles. The van der Waals surface area contributed by atoms with Crippen molar-refractivity contribution in [2.24, 2.45) is 0 Å². The first kappa shape index (κ1) is 15.5. The summed E-state index contributed by atoms with van der Waals surface area (Å²) >= 11 is 2.84. The summed E-state index contributed by atoms with van der Waals surface area (Å²) in [7, 11) is -4.13. The smallest absolute Gasteiger partial charge is 0.262 e. The minimum atomic E-state index is -4.13. The summed E-state index contributed by atoms with van der Waals surface area (Å²) in [5.41, 5.74) is 4.85. The summed E-state index contributed by atoms with van der Waals surface area (Å²) < 4.78 is 52.7. The highest BCUT2D eigenvalue weighted by molar-refractivity contribution is 9.10. The third kappa shape index (κ3) is 3.24. The van der Waals surface area contributed by atoms with E-state index in [4.69, 9.17) is 5.73 Å². The molecule has 9 heteroatoms. The van der Waals surface area contributed by atoms with Gasteiger partial charge in [0.1, 0.15) is 17.4 Å². The third-order valence-corrected chi connectivity index (χ3v) is 4.53. The van der Waals surface area contributed by atoms with Crippen LogP contribution in [0.3, 0.4) is 0 Å². The maximum atomic E-state index is 13.6. The molecule has 112 valence electrons. The van der Waals surface area contributed by atoms with Crippen LogP contribution in [0, 0.1) is 11.6 Å². The van der Waals surface area contributed by atoms with Crippen molar-refractivity contribution in [3.05, 3.63) is 46.4 Å². The van der Waals surface area contributed by atoms with Crippen LogP contribution in [0.5, 0.6) is 5.75 Å². The number of sulfonamides is 1. The first-order valence-corrected chi connectivity index (χ1v) is 7.74. The summed E-state index contributed by atoms with van der Waals surface area (Å²) in [6, 6.07) is 4.73. The molecule has 21 heavy (non-hydrogen) atoms. The van der Waals surface area contributed by atoms with Crippen molar-refractivity contribution in [1.29, 1.82) is 0 Å². The normalized spacial score (nSPS) is 11.4. The number of halogens is 3. The van der Waals surface area contributed by atoms with Crippen molar-refractivity contribution in [2.75, 3.05) is 10.5 Å². The van der Waals surface area contributed by atoms with E-state index in [0.29, 0.717) is 6.07 Å².